The molecule has 0 aliphatic carbocycles. The molecule has 7 saturated heterocycles. The van der Waals surface area contributed by atoms with Gasteiger partial charge in [-0.15, -0.1) is 0 Å². The second-order valence-electron chi connectivity index (χ2n) is 20.7. The number of aliphatic carboxylic acids is 1. The molecule has 0 bridgehead atoms. The maximum absolute atomic E-state index is 11.8. The molecule has 62 heavy (non-hydrogen) atoms. The second-order valence-corrected chi connectivity index (χ2v) is 20.7. The Morgan fingerprint density at radius 1 is 0.823 bits per heavy atom. The SMILES string of the molecule is CO[C@@H]1[C@@H](O)[C@H](C)[C@@](O)(CC(=O)O)O[C@H]1[C@H](C)[C@H]1O[C@@]2(CC[C@@](C)([C@H]3CC[C@@](C)([C@@H]4O[C@@H]([C@H]5O[C@](C)(O)[C@H](C)C[C@@H]5C)C[C@@H]4O[C@H]4CC[C@H](OC)[C@@H](C)O4)O3)O2)C[C@H](O)[C@H]1C.[Na]. The van der Waals surface area contributed by atoms with E-state index in [1.807, 2.05) is 34.6 Å². The molecule has 23 atom stereocenters. The van der Waals surface area contributed by atoms with Crippen molar-refractivity contribution in [2.75, 3.05) is 14.2 Å². The minimum absolute atomic E-state index is 0. The van der Waals surface area contributed by atoms with Crippen LogP contribution in [-0.2, 0) is 52.2 Å². The van der Waals surface area contributed by atoms with Gasteiger partial charge in [0.25, 0.3) is 0 Å². The Kier molecular flexibility index (Phi) is 15.8. The van der Waals surface area contributed by atoms with Crippen LogP contribution in [0.1, 0.15) is 127 Å². The zero-order valence-electron chi connectivity index (χ0n) is 39.2. The van der Waals surface area contributed by atoms with Crippen molar-refractivity contribution < 1.29 is 77.7 Å². The third kappa shape index (κ3) is 9.77. The summed E-state index contributed by atoms with van der Waals surface area (Å²) in [6, 6.07) is 0. The van der Waals surface area contributed by atoms with E-state index >= 15 is 0 Å². The maximum Gasteiger partial charge on any atom is 0.308 e. The minimum atomic E-state index is -2.15. The molecule has 5 N–H and O–H groups in total. The number of methoxy groups -OCH3 is 2. The van der Waals surface area contributed by atoms with Crippen molar-refractivity contribution in [2.24, 2.45) is 29.6 Å². The monoisotopic (exact) mass is 896 g/mol. The fourth-order valence-corrected chi connectivity index (χ4v) is 12.0. The third-order valence-corrected chi connectivity index (χ3v) is 16.2. The molecular weight excluding hydrogens is 819 g/mol. The van der Waals surface area contributed by atoms with Crippen LogP contribution in [0.15, 0.2) is 0 Å². The average Bonchev–Trinajstić information content (AvgIpc) is 3.89. The first kappa shape index (κ1) is 51.3. The van der Waals surface area contributed by atoms with Gasteiger partial charge in [-0.2, -0.15) is 0 Å². The van der Waals surface area contributed by atoms with Crippen LogP contribution in [0.4, 0.5) is 0 Å². The smallest absolute Gasteiger partial charge is 0.308 e. The molecule has 0 amide bonds. The summed E-state index contributed by atoms with van der Waals surface area (Å²) in [5.74, 6) is -7.65. The van der Waals surface area contributed by atoms with E-state index in [-0.39, 0.29) is 84.4 Å². The standard InChI is InChI=1S/C45H76O16.Na/c1-22-18-23(2)43(9,50)58-36(22)30-19-31(55-34-13-12-29(52-10)27(6)54-34)40(56-30)42(8)15-14-32(57-42)41(7)16-17-44(61-41)20-28(46)24(3)37(59-44)25(4)38-39(53-11)35(49)26(5)45(51,60-38)21-33(47)48;/h22-32,34-40,46,49-51H,12-21H2,1-11H3,(H,47,48);/t22-,23+,24+,25+,26-,27+,28-,29-,30+,31-,32+,34-,35-,36-,37-,38-,39+,40+,41-,42-,43-,44+,45+;/m0./s1. The van der Waals surface area contributed by atoms with Crippen molar-refractivity contribution in [1.82, 2.24) is 0 Å². The van der Waals surface area contributed by atoms with Gasteiger partial charge in [0.1, 0.15) is 12.2 Å². The van der Waals surface area contributed by atoms with Gasteiger partial charge in [0.15, 0.2) is 23.7 Å². The summed E-state index contributed by atoms with van der Waals surface area (Å²) in [6.45, 7) is 17.3. The van der Waals surface area contributed by atoms with E-state index < -0.39 is 102 Å². The number of aliphatic hydroxyl groups excluding tert-OH is 2. The summed E-state index contributed by atoms with van der Waals surface area (Å²) in [7, 11) is 3.14. The number of aliphatic hydroxyl groups is 4. The van der Waals surface area contributed by atoms with Crippen LogP contribution in [0.25, 0.3) is 0 Å². The number of carboxylic acids is 1. The molecule has 0 aromatic heterocycles. The largest absolute Gasteiger partial charge is 0.481 e. The number of carbonyl (C=O) groups is 1. The normalized spacial score (nSPS) is 54.0. The summed E-state index contributed by atoms with van der Waals surface area (Å²) < 4.78 is 65.1. The Hall–Kier alpha value is -0.0900. The van der Waals surface area contributed by atoms with Crippen molar-refractivity contribution in [2.45, 2.75) is 235 Å². The molecule has 7 rings (SSSR count). The summed E-state index contributed by atoms with van der Waals surface area (Å²) >= 11 is 0. The van der Waals surface area contributed by atoms with Crippen LogP contribution in [0, 0.1) is 29.6 Å². The van der Waals surface area contributed by atoms with Crippen LogP contribution in [0.5, 0.6) is 0 Å². The van der Waals surface area contributed by atoms with Gasteiger partial charge < -0.3 is 72.9 Å². The molecule has 0 aromatic rings. The molecular formula is C45H76NaO16. The van der Waals surface area contributed by atoms with E-state index in [0.29, 0.717) is 38.5 Å². The number of hydrogen-bond donors (Lipinski definition) is 5. The summed E-state index contributed by atoms with van der Waals surface area (Å²) in [5.41, 5.74) is -1.57. The summed E-state index contributed by atoms with van der Waals surface area (Å²) in [6.07, 6.45) is -2.26. The van der Waals surface area contributed by atoms with Crippen molar-refractivity contribution in [1.29, 1.82) is 0 Å². The van der Waals surface area contributed by atoms with Crippen LogP contribution in [-0.4, -0.2) is 183 Å². The van der Waals surface area contributed by atoms with Gasteiger partial charge in [-0.25, -0.2) is 0 Å². The van der Waals surface area contributed by atoms with Crippen molar-refractivity contribution >= 4 is 35.5 Å². The summed E-state index contributed by atoms with van der Waals surface area (Å²) in [5, 5.41) is 55.1. The zero-order chi connectivity index (χ0) is 44.6. The molecule has 1 radical (unpaired) electrons. The van der Waals surface area contributed by atoms with Gasteiger partial charge in [-0.1, -0.05) is 34.6 Å². The van der Waals surface area contributed by atoms with Gasteiger partial charge in [0.05, 0.1) is 78.7 Å². The van der Waals surface area contributed by atoms with Crippen molar-refractivity contribution in [3.63, 3.8) is 0 Å². The third-order valence-electron chi connectivity index (χ3n) is 16.2. The molecule has 0 aromatic carbocycles. The van der Waals surface area contributed by atoms with Crippen LogP contribution in [0.2, 0.25) is 0 Å². The van der Waals surface area contributed by atoms with Crippen molar-refractivity contribution in [3.8, 4) is 0 Å². The van der Waals surface area contributed by atoms with E-state index in [0.717, 1.165) is 12.8 Å². The molecule has 7 heterocycles. The zero-order valence-corrected chi connectivity index (χ0v) is 41.2. The number of carboxylic acid groups (broad SMARTS) is 1. The predicted octanol–water partition coefficient (Wildman–Crippen LogP) is 3.66. The van der Waals surface area contributed by atoms with Gasteiger partial charge in [0.2, 0.25) is 0 Å². The first-order valence-electron chi connectivity index (χ1n) is 22.9. The Morgan fingerprint density at radius 3 is 2.18 bits per heavy atom. The summed E-state index contributed by atoms with van der Waals surface area (Å²) in [4.78, 5) is 11.8. The predicted molar refractivity (Wildman–Crippen MR) is 223 cm³/mol. The Balaban J connectivity index is 0.00000641. The van der Waals surface area contributed by atoms with Gasteiger partial charge in [-0.3, -0.25) is 4.79 Å². The van der Waals surface area contributed by atoms with E-state index in [1.165, 1.54) is 14.0 Å². The maximum atomic E-state index is 11.8. The molecule has 16 nitrogen and oxygen atoms in total. The van der Waals surface area contributed by atoms with Crippen LogP contribution >= 0.6 is 0 Å². The molecule has 1 spiro atoms. The van der Waals surface area contributed by atoms with E-state index in [2.05, 4.69) is 13.8 Å². The molecule has 7 fully saturated rings. The molecule has 7 aliphatic rings. The van der Waals surface area contributed by atoms with Crippen LogP contribution < -0.4 is 0 Å². The van der Waals surface area contributed by atoms with Gasteiger partial charge >= 0.3 is 5.97 Å². The fraction of sp³-hybridized carbons (Fsp3) is 0.978. The topological polar surface area (TPSA) is 211 Å². The Labute approximate surface area is 389 Å². The van der Waals surface area contributed by atoms with Crippen LogP contribution in [0.3, 0.4) is 0 Å². The quantitative estimate of drug-likeness (QED) is 0.188. The molecule has 7 aliphatic heterocycles. The first-order valence-corrected chi connectivity index (χ1v) is 22.9. The number of hydrogen-bond acceptors (Lipinski definition) is 15. The molecule has 353 valence electrons. The molecule has 17 heteroatoms. The fourth-order valence-electron chi connectivity index (χ4n) is 12.0. The first-order chi connectivity index (χ1) is 28.5. The minimum Gasteiger partial charge on any atom is -0.481 e. The van der Waals surface area contributed by atoms with E-state index in [4.69, 9.17) is 47.4 Å². The second kappa shape index (κ2) is 19.1. The Bertz CT molecular complexity index is 1540. The number of ether oxygens (including phenoxy) is 10. The van der Waals surface area contributed by atoms with E-state index in [9.17, 15) is 30.3 Å². The van der Waals surface area contributed by atoms with Crippen molar-refractivity contribution in [3.05, 3.63) is 0 Å². The van der Waals surface area contributed by atoms with Gasteiger partial charge in [-0.05, 0) is 65.7 Å². The number of rotatable bonds is 11. The Morgan fingerprint density at radius 2 is 1.53 bits per heavy atom. The van der Waals surface area contributed by atoms with E-state index in [1.54, 1.807) is 14.0 Å². The average molecular weight is 896 g/mol. The van der Waals surface area contributed by atoms with Gasteiger partial charge in [0, 0.05) is 93.1 Å². The molecule has 0 saturated carbocycles. The molecule has 0 unspecified atom stereocenters.